The van der Waals surface area contributed by atoms with Crippen LogP contribution in [0.25, 0.3) is 10.8 Å². The molecular formula is C17H16N2O2. The maximum atomic E-state index is 5.94. The number of fused-ring (bicyclic) bond motifs is 1. The Hall–Kier alpha value is -2.75. The number of aromatic nitrogens is 1. The zero-order valence-corrected chi connectivity index (χ0v) is 12.0. The SMILES string of the molecule is COc1ccc2c(Oc3ccc(N)cc3C)nccc2c1. The molecule has 2 N–H and O–H groups in total. The van der Waals surface area contributed by atoms with E-state index in [-0.39, 0.29) is 0 Å². The van der Waals surface area contributed by atoms with Crippen molar-refractivity contribution in [2.75, 3.05) is 12.8 Å². The van der Waals surface area contributed by atoms with E-state index in [1.807, 2.05) is 49.4 Å². The third-order valence-electron chi connectivity index (χ3n) is 3.34. The van der Waals surface area contributed by atoms with Gasteiger partial charge in [-0.25, -0.2) is 4.98 Å². The van der Waals surface area contributed by atoms with Crippen molar-refractivity contribution in [3.8, 4) is 17.4 Å². The second-order valence-electron chi connectivity index (χ2n) is 4.83. The highest BCUT2D eigenvalue weighted by Crippen LogP contribution is 2.31. The van der Waals surface area contributed by atoms with Gasteiger partial charge >= 0.3 is 0 Å². The van der Waals surface area contributed by atoms with Crippen LogP contribution in [0.3, 0.4) is 0 Å². The summed E-state index contributed by atoms with van der Waals surface area (Å²) < 4.78 is 11.2. The fraction of sp³-hybridized carbons (Fsp3) is 0.118. The lowest BCUT2D eigenvalue weighted by molar-refractivity contribution is 0.415. The Morgan fingerprint density at radius 2 is 1.90 bits per heavy atom. The number of ether oxygens (including phenoxy) is 2. The Kier molecular flexibility index (Phi) is 3.36. The standard InChI is InChI=1S/C17H16N2O2/c1-11-9-13(18)3-6-16(11)21-17-15-5-4-14(20-2)10-12(15)7-8-19-17/h3-10H,18H2,1-2H3. The summed E-state index contributed by atoms with van der Waals surface area (Å²) >= 11 is 0. The topological polar surface area (TPSA) is 57.4 Å². The zero-order valence-electron chi connectivity index (χ0n) is 12.0. The van der Waals surface area contributed by atoms with Crippen LogP contribution < -0.4 is 15.2 Å². The Labute approximate surface area is 123 Å². The Morgan fingerprint density at radius 1 is 1.05 bits per heavy atom. The summed E-state index contributed by atoms with van der Waals surface area (Å²) in [6, 6.07) is 13.3. The number of hydrogen-bond donors (Lipinski definition) is 1. The van der Waals surface area contributed by atoms with Gasteiger partial charge in [-0.1, -0.05) is 0 Å². The van der Waals surface area contributed by atoms with Crippen LogP contribution in [0.4, 0.5) is 5.69 Å². The number of benzene rings is 2. The molecule has 0 atom stereocenters. The van der Waals surface area contributed by atoms with Gasteiger partial charge in [0.25, 0.3) is 0 Å². The number of nitrogens with zero attached hydrogens (tertiary/aromatic N) is 1. The van der Waals surface area contributed by atoms with Gasteiger partial charge in [-0.2, -0.15) is 0 Å². The maximum Gasteiger partial charge on any atom is 0.227 e. The number of rotatable bonds is 3. The van der Waals surface area contributed by atoms with E-state index in [2.05, 4.69) is 4.98 Å². The second-order valence-corrected chi connectivity index (χ2v) is 4.83. The summed E-state index contributed by atoms with van der Waals surface area (Å²) in [6.45, 7) is 1.96. The highest BCUT2D eigenvalue weighted by atomic mass is 16.5. The van der Waals surface area contributed by atoms with Gasteiger partial charge < -0.3 is 15.2 Å². The predicted molar refractivity (Wildman–Crippen MR) is 84.0 cm³/mol. The molecule has 2 aromatic carbocycles. The highest BCUT2D eigenvalue weighted by Gasteiger charge is 2.08. The number of aryl methyl sites for hydroxylation is 1. The average Bonchev–Trinajstić information content (AvgIpc) is 2.49. The van der Waals surface area contributed by atoms with Crippen molar-refractivity contribution in [3.63, 3.8) is 0 Å². The number of hydrogen-bond acceptors (Lipinski definition) is 4. The van der Waals surface area contributed by atoms with Crippen molar-refractivity contribution in [2.24, 2.45) is 0 Å². The van der Waals surface area contributed by atoms with Crippen LogP contribution in [0, 0.1) is 6.92 Å². The molecule has 4 heteroatoms. The van der Waals surface area contributed by atoms with Gasteiger partial charge in [-0.3, -0.25) is 0 Å². The van der Waals surface area contributed by atoms with E-state index in [4.69, 9.17) is 15.2 Å². The van der Waals surface area contributed by atoms with Gasteiger partial charge in [0.2, 0.25) is 5.88 Å². The fourth-order valence-corrected chi connectivity index (χ4v) is 2.23. The summed E-state index contributed by atoms with van der Waals surface area (Å²) in [5, 5.41) is 1.96. The van der Waals surface area contributed by atoms with Crippen LogP contribution >= 0.6 is 0 Å². The van der Waals surface area contributed by atoms with Crippen LogP contribution in [-0.4, -0.2) is 12.1 Å². The van der Waals surface area contributed by atoms with Crippen LogP contribution in [0.1, 0.15) is 5.56 Å². The number of pyridine rings is 1. The molecule has 0 saturated carbocycles. The van der Waals surface area contributed by atoms with E-state index in [0.29, 0.717) is 5.88 Å². The van der Waals surface area contributed by atoms with E-state index in [0.717, 1.165) is 33.5 Å². The zero-order chi connectivity index (χ0) is 14.8. The maximum absolute atomic E-state index is 5.94. The Morgan fingerprint density at radius 3 is 2.67 bits per heavy atom. The minimum absolute atomic E-state index is 0.572. The first-order valence-corrected chi connectivity index (χ1v) is 6.64. The molecule has 106 valence electrons. The number of anilines is 1. The summed E-state index contributed by atoms with van der Waals surface area (Å²) in [6.07, 6.45) is 1.73. The van der Waals surface area contributed by atoms with E-state index < -0.39 is 0 Å². The third-order valence-corrected chi connectivity index (χ3v) is 3.34. The summed E-state index contributed by atoms with van der Waals surface area (Å²) in [5.74, 6) is 2.13. The van der Waals surface area contributed by atoms with Gasteiger partial charge in [0.15, 0.2) is 0 Å². The van der Waals surface area contributed by atoms with Crippen molar-refractivity contribution < 1.29 is 9.47 Å². The molecule has 1 heterocycles. The van der Waals surface area contributed by atoms with Gasteiger partial charge in [0, 0.05) is 17.3 Å². The van der Waals surface area contributed by atoms with Crippen LogP contribution in [0.15, 0.2) is 48.7 Å². The lowest BCUT2D eigenvalue weighted by atomic mass is 10.1. The van der Waals surface area contributed by atoms with E-state index in [1.165, 1.54) is 0 Å². The predicted octanol–water partition coefficient (Wildman–Crippen LogP) is 3.93. The van der Waals surface area contributed by atoms with Crippen molar-refractivity contribution in [1.82, 2.24) is 4.98 Å². The molecule has 4 nitrogen and oxygen atoms in total. The fourth-order valence-electron chi connectivity index (χ4n) is 2.23. The molecule has 0 amide bonds. The molecule has 3 aromatic rings. The average molecular weight is 280 g/mol. The lowest BCUT2D eigenvalue weighted by Crippen LogP contribution is -1.93. The first-order chi connectivity index (χ1) is 10.2. The Bertz CT molecular complexity index is 800. The molecule has 0 aliphatic heterocycles. The smallest absolute Gasteiger partial charge is 0.227 e. The van der Waals surface area contributed by atoms with Crippen molar-refractivity contribution >= 4 is 16.5 Å². The first kappa shape index (κ1) is 13.2. The van der Waals surface area contributed by atoms with Crippen molar-refractivity contribution in [1.29, 1.82) is 0 Å². The molecule has 3 rings (SSSR count). The molecule has 0 unspecified atom stereocenters. The molecule has 0 aliphatic rings. The molecule has 0 aliphatic carbocycles. The Balaban J connectivity index is 2.04. The van der Waals surface area contributed by atoms with Gasteiger partial charge in [0.05, 0.1) is 7.11 Å². The molecule has 1 aromatic heterocycles. The lowest BCUT2D eigenvalue weighted by Gasteiger charge is -2.11. The van der Waals surface area contributed by atoms with Crippen molar-refractivity contribution in [2.45, 2.75) is 6.92 Å². The highest BCUT2D eigenvalue weighted by molar-refractivity contribution is 5.88. The molecule has 21 heavy (non-hydrogen) atoms. The summed E-state index contributed by atoms with van der Waals surface area (Å²) in [7, 11) is 1.65. The minimum Gasteiger partial charge on any atom is -0.497 e. The molecule has 0 fully saturated rings. The molecular weight excluding hydrogens is 264 g/mol. The largest absolute Gasteiger partial charge is 0.497 e. The van der Waals surface area contributed by atoms with E-state index in [1.54, 1.807) is 13.3 Å². The van der Waals surface area contributed by atoms with Crippen LogP contribution in [-0.2, 0) is 0 Å². The van der Waals surface area contributed by atoms with Crippen LogP contribution in [0.5, 0.6) is 17.4 Å². The first-order valence-electron chi connectivity index (χ1n) is 6.64. The van der Waals surface area contributed by atoms with Gasteiger partial charge in [-0.15, -0.1) is 0 Å². The second kappa shape index (κ2) is 5.32. The number of nitrogen functional groups attached to an aromatic ring is 1. The summed E-state index contributed by atoms with van der Waals surface area (Å²) in [5.41, 5.74) is 7.45. The van der Waals surface area contributed by atoms with Crippen molar-refractivity contribution in [3.05, 3.63) is 54.2 Å². The minimum atomic E-state index is 0.572. The number of nitrogens with two attached hydrogens (primary N) is 1. The molecule has 0 bridgehead atoms. The monoisotopic (exact) mass is 280 g/mol. The van der Waals surface area contributed by atoms with Gasteiger partial charge in [-0.05, 0) is 60.3 Å². The van der Waals surface area contributed by atoms with Gasteiger partial charge in [0.1, 0.15) is 11.5 Å². The molecule has 0 radical (unpaired) electrons. The third kappa shape index (κ3) is 2.60. The van der Waals surface area contributed by atoms with Crippen LogP contribution in [0.2, 0.25) is 0 Å². The molecule has 0 spiro atoms. The van der Waals surface area contributed by atoms with E-state index in [9.17, 15) is 0 Å². The molecule has 0 saturated heterocycles. The quantitative estimate of drug-likeness (QED) is 0.739. The number of methoxy groups -OCH3 is 1. The summed E-state index contributed by atoms with van der Waals surface area (Å²) in [4.78, 5) is 4.33. The van der Waals surface area contributed by atoms with E-state index >= 15 is 0 Å². The normalized spacial score (nSPS) is 10.6.